The van der Waals surface area contributed by atoms with E-state index < -0.39 is 29.3 Å². The van der Waals surface area contributed by atoms with Gasteiger partial charge in [-0.25, -0.2) is 9.59 Å². The van der Waals surface area contributed by atoms with Crippen LogP contribution in [0.25, 0.3) is 0 Å². The van der Waals surface area contributed by atoms with Crippen LogP contribution in [0.1, 0.15) is 57.4 Å². The summed E-state index contributed by atoms with van der Waals surface area (Å²) in [6.45, 7) is 2.25. The molecule has 0 aliphatic heterocycles. The van der Waals surface area contributed by atoms with Crippen molar-refractivity contribution in [2.24, 2.45) is 0 Å². The van der Waals surface area contributed by atoms with E-state index in [0.717, 1.165) is 29.7 Å². The topological polar surface area (TPSA) is 89.9 Å². The number of esters is 1. The Kier molecular flexibility index (Phi) is 12.4. The third-order valence-electron chi connectivity index (χ3n) is 4.64. The molecule has 0 fully saturated rings. The first kappa shape index (κ1) is 24.3. The van der Waals surface area contributed by atoms with E-state index in [1.807, 2.05) is 18.2 Å². The third kappa shape index (κ3) is 9.46. The zero-order valence-electron chi connectivity index (χ0n) is 17.0. The van der Waals surface area contributed by atoms with Crippen LogP contribution < -0.4 is 0 Å². The van der Waals surface area contributed by atoms with Crippen LogP contribution in [-0.4, -0.2) is 51.3 Å². The van der Waals surface area contributed by atoms with Gasteiger partial charge in [-0.1, -0.05) is 74.1 Å². The van der Waals surface area contributed by atoms with E-state index in [1.165, 1.54) is 26.4 Å². The minimum atomic E-state index is -1.19. The second kappa shape index (κ2) is 14.3. The minimum absolute atomic E-state index is 0.0833. The standard InChI is InChI=1S/C21H33NO5S/c1-3-4-5-6-7-11-15-28(26)16-14-19(20(23)27-2)22(21(24)25)17-18-12-9-8-10-13-18/h8-10,12-13,19H,3-7,11,14-17H2,1-2H3,(H,24,25)/t19-,28?/m0/s1. The van der Waals surface area contributed by atoms with Crippen LogP contribution in [-0.2, 0) is 27.3 Å². The van der Waals surface area contributed by atoms with Crippen LogP contribution in [0.15, 0.2) is 30.3 Å². The fourth-order valence-electron chi connectivity index (χ4n) is 3.02. The average molecular weight is 412 g/mol. The van der Waals surface area contributed by atoms with Crippen LogP contribution in [0, 0.1) is 0 Å². The molecule has 0 aliphatic carbocycles. The molecule has 0 bridgehead atoms. The highest BCUT2D eigenvalue weighted by molar-refractivity contribution is 7.91. The summed E-state index contributed by atoms with van der Waals surface area (Å²) in [5, 5.41) is 9.60. The Morgan fingerprint density at radius 1 is 1.11 bits per heavy atom. The number of benzene rings is 1. The Morgan fingerprint density at radius 2 is 1.75 bits per heavy atom. The zero-order chi connectivity index (χ0) is 20.8. The van der Waals surface area contributed by atoms with E-state index >= 15 is 0 Å². The number of methoxy groups -OCH3 is 1. The molecule has 1 amide bonds. The molecule has 1 unspecified atom stereocenters. The van der Waals surface area contributed by atoms with E-state index in [4.69, 9.17) is 4.74 Å². The van der Waals surface area contributed by atoms with Crippen molar-refractivity contribution >= 4 is 23.2 Å². The van der Waals surface area contributed by atoms with Gasteiger partial charge in [0.25, 0.3) is 0 Å². The van der Waals surface area contributed by atoms with Gasteiger partial charge in [-0.3, -0.25) is 4.90 Å². The highest BCUT2D eigenvalue weighted by Crippen LogP contribution is 2.15. The number of carbonyl (C=O) groups is 2. The summed E-state index contributed by atoms with van der Waals surface area (Å²) < 4.78 is 17.1. The molecule has 1 rings (SSSR count). The summed E-state index contributed by atoms with van der Waals surface area (Å²) >= 11 is -1.07. The maximum atomic E-state index is 12.3. The lowest BCUT2D eigenvalue weighted by atomic mass is 10.1. The summed E-state index contributed by atoms with van der Waals surface area (Å²) in [7, 11) is 1.24. The minimum Gasteiger partial charge on any atom is -0.616 e. The molecule has 1 aromatic carbocycles. The van der Waals surface area contributed by atoms with Gasteiger partial charge in [-0.15, -0.1) is 0 Å². The van der Waals surface area contributed by atoms with Crippen molar-refractivity contribution in [2.75, 3.05) is 18.6 Å². The Hall–Kier alpha value is -1.73. The molecule has 6 nitrogen and oxygen atoms in total. The summed E-state index contributed by atoms with van der Waals surface area (Å²) in [5.74, 6) is 0.258. The summed E-state index contributed by atoms with van der Waals surface area (Å²) in [6, 6.07) is 8.13. The van der Waals surface area contributed by atoms with E-state index in [-0.39, 0.29) is 18.7 Å². The molecule has 0 saturated carbocycles. The van der Waals surface area contributed by atoms with Gasteiger partial charge in [0.15, 0.2) is 0 Å². The number of hydrogen-bond donors (Lipinski definition) is 1. The maximum Gasteiger partial charge on any atom is 0.408 e. The van der Waals surface area contributed by atoms with Gasteiger partial charge in [0, 0.05) is 13.0 Å². The zero-order valence-corrected chi connectivity index (χ0v) is 17.8. The predicted octanol–water partition coefficient (Wildman–Crippen LogP) is 4.21. The van der Waals surface area contributed by atoms with Crippen molar-refractivity contribution in [1.29, 1.82) is 0 Å². The molecule has 158 valence electrons. The molecular weight excluding hydrogens is 378 g/mol. The third-order valence-corrected chi connectivity index (χ3v) is 6.07. The number of ether oxygens (including phenoxy) is 1. The molecule has 7 heteroatoms. The highest BCUT2D eigenvalue weighted by Gasteiger charge is 2.32. The Bertz CT molecular complexity index is 569. The molecule has 0 radical (unpaired) electrons. The van der Waals surface area contributed by atoms with Crippen molar-refractivity contribution < 1.29 is 24.0 Å². The molecular formula is C21H33NO5S. The summed E-state index contributed by atoms with van der Waals surface area (Å²) in [6.07, 6.45) is 5.74. The first-order valence-corrected chi connectivity index (χ1v) is 11.4. The molecule has 2 atom stereocenters. The lowest BCUT2D eigenvalue weighted by Crippen LogP contribution is -2.45. The molecule has 0 spiro atoms. The number of carbonyl (C=O) groups excluding carboxylic acids is 1. The van der Waals surface area contributed by atoms with E-state index in [0.29, 0.717) is 5.75 Å². The van der Waals surface area contributed by atoms with E-state index in [2.05, 4.69) is 6.92 Å². The normalized spacial score (nSPS) is 13.0. The van der Waals surface area contributed by atoms with Crippen LogP contribution in [0.2, 0.25) is 0 Å². The van der Waals surface area contributed by atoms with Gasteiger partial charge in [-0.05, 0) is 18.4 Å². The first-order chi connectivity index (χ1) is 13.5. The predicted molar refractivity (Wildman–Crippen MR) is 112 cm³/mol. The first-order valence-electron chi connectivity index (χ1n) is 9.95. The van der Waals surface area contributed by atoms with Gasteiger partial charge in [0.05, 0.1) is 7.11 Å². The molecule has 0 heterocycles. The molecule has 1 N–H and O–H groups in total. The molecule has 0 aliphatic rings. The maximum absolute atomic E-state index is 12.3. The molecule has 0 saturated heterocycles. The second-order valence-electron chi connectivity index (χ2n) is 6.84. The lowest BCUT2D eigenvalue weighted by molar-refractivity contribution is -0.146. The van der Waals surface area contributed by atoms with Gasteiger partial charge in [0.1, 0.15) is 17.5 Å². The number of hydrogen-bond acceptors (Lipinski definition) is 4. The Labute approximate surface area is 171 Å². The molecule has 0 aromatic heterocycles. The van der Waals surface area contributed by atoms with E-state index in [9.17, 15) is 19.2 Å². The number of nitrogens with zero attached hydrogens (tertiary/aromatic N) is 1. The van der Waals surface area contributed by atoms with Crippen LogP contribution in [0.4, 0.5) is 4.79 Å². The fourth-order valence-corrected chi connectivity index (χ4v) is 4.23. The van der Waals surface area contributed by atoms with Crippen LogP contribution >= 0.6 is 0 Å². The number of rotatable bonds is 14. The van der Waals surface area contributed by atoms with Crippen LogP contribution in [0.5, 0.6) is 0 Å². The summed E-state index contributed by atoms with van der Waals surface area (Å²) in [4.78, 5) is 25.0. The fraction of sp³-hybridized carbons (Fsp3) is 0.619. The number of unbranched alkanes of at least 4 members (excludes halogenated alkanes) is 5. The van der Waals surface area contributed by atoms with Crippen molar-refractivity contribution in [3.8, 4) is 0 Å². The van der Waals surface area contributed by atoms with E-state index in [1.54, 1.807) is 12.1 Å². The Morgan fingerprint density at radius 3 is 2.36 bits per heavy atom. The Balaban J connectivity index is 2.58. The van der Waals surface area contributed by atoms with Crippen molar-refractivity contribution in [3.05, 3.63) is 35.9 Å². The van der Waals surface area contributed by atoms with Crippen LogP contribution in [0.3, 0.4) is 0 Å². The van der Waals surface area contributed by atoms with Gasteiger partial charge < -0.3 is 14.4 Å². The lowest BCUT2D eigenvalue weighted by Gasteiger charge is -2.27. The van der Waals surface area contributed by atoms with Gasteiger partial charge in [-0.2, -0.15) is 0 Å². The highest BCUT2D eigenvalue weighted by atomic mass is 32.2. The van der Waals surface area contributed by atoms with Crippen molar-refractivity contribution in [3.63, 3.8) is 0 Å². The number of amides is 1. The van der Waals surface area contributed by atoms with Crippen molar-refractivity contribution in [1.82, 2.24) is 4.90 Å². The second-order valence-corrected chi connectivity index (χ2v) is 8.54. The SMILES string of the molecule is CCCCCCCC[S+]([O-])CC[C@@H](C(=O)OC)N(Cc1ccccc1)C(=O)O. The smallest absolute Gasteiger partial charge is 0.408 e. The van der Waals surface area contributed by atoms with Crippen molar-refractivity contribution in [2.45, 2.75) is 64.5 Å². The number of carboxylic acid groups (broad SMARTS) is 1. The molecule has 28 heavy (non-hydrogen) atoms. The molecule has 1 aromatic rings. The quantitative estimate of drug-likeness (QED) is 0.281. The summed E-state index contributed by atoms with van der Waals surface area (Å²) in [5.41, 5.74) is 0.784. The monoisotopic (exact) mass is 411 g/mol. The van der Waals surface area contributed by atoms with Gasteiger partial charge >= 0.3 is 12.1 Å². The largest absolute Gasteiger partial charge is 0.616 e. The average Bonchev–Trinajstić information content (AvgIpc) is 2.70. The van der Waals surface area contributed by atoms with Gasteiger partial charge in [0.2, 0.25) is 0 Å².